The standard InChI is InChI=1S/C15H13N3O4/c1-9-10(6-7-21-9)15(20)17-16-14(19)8-12-11-4-2-3-5-13(11)22-18-12/h2-7H,8H2,1H3,(H,16,19)(H,17,20). The highest BCUT2D eigenvalue weighted by Gasteiger charge is 2.14. The van der Waals surface area contributed by atoms with Crippen molar-refractivity contribution in [3.63, 3.8) is 0 Å². The molecular weight excluding hydrogens is 286 g/mol. The summed E-state index contributed by atoms with van der Waals surface area (Å²) in [7, 11) is 0. The predicted octanol–water partition coefficient (Wildman–Crippen LogP) is 1.73. The number of carbonyl (C=O) groups is 2. The van der Waals surface area contributed by atoms with E-state index in [2.05, 4.69) is 16.0 Å². The number of hydrogen-bond acceptors (Lipinski definition) is 5. The third-order valence-electron chi connectivity index (χ3n) is 3.20. The fraction of sp³-hybridized carbons (Fsp3) is 0.133. The van der Waals surface area contributed by atoms with Crippen molar-refractivity contribution < 1.29 is 18.5 Å². The monoisotopic (exact) mass is 299 g/mol. The summed E-state index contributed by atoms with van der Waals surface area (Å²) >= 11 is 0. The Morgan fingerprint density at radius 3 is 2.77 bits per heavy atom. The van der Waals surface area contributed by atoms with E-state index in [9.17, 15) is 9.59 Å². The van der Waals surface area contributed by atoms with Gasteiger partial charge in [-0.2, -0.15) is 0 Å². The van der Waals surface area contributed by atoms with Gasteiger partial charge in [-0.1, -0.05) is 17.3 Å². The first-order chi connectivity index (χ1) is 10.6. The second-order valence-corrected chi connectivity index (χ2v) is 4.69. The van der Waals surface area contributed by atoms with E-state index in [4.69, 9.17) is 8.94 Å². The van der Waals surface area contributed by atoms with Gasteiger partial charge in [0.05, 0.1) is 18.2 Å². The molecule has 2 aromatic heterocycles. The van der Waals surface area contributed by atoms with Gasteiger partial charge in [0.25, 0.3) is 5.91 Å². The van der Waals surface area contributed by atoms with Crippen LogP contribution in [0.2, 0.25) is 0 Å². The van der Waals surface area contributed by atoms with Crippen LogP contribution < -0.4 is 10.9 Å². The minimum absolute atomic E-state index is 0.00165. The molecule has 0 fully saturated rings. The van der Waals surface area contributed by atoms with E-state index in [0.717, 1.165) is 5.39 Å². The molecule has 0 unspecified atom stereocenters. The molecule has 0 bridgehead atoms. The number of benzene rings is 1. The van der Waals surface area contributed by atoms with Crippen molar-refractivity contribution in [2.75, 3.05) is 0 Å². The summed E-state index contributed by atoms with van der Waals surface area (Å²) in [6.07, 6.45) is 1.41. The summed E-state index contributed by atoms with van der Waals surface area (Å²) in [5.74, 6) is -0.354. The van der Waals surface area contributed by atoms with Gasteiger partial charge in [-0.15, -0.1) is 0 Å². The maximum absolute atomic E-state index is 11.9. The molecule has 0 saturated carbocycles. The molecule has 0 aliphatic carbocycles. The normalized spacial score (nSPS) is 10.6. The predicted molar refractivity (Wildman–Crippen MR) is 76.8 cm³/mol. The van der Waals surface area contributed by atoms with Gasteiger partial charge in [0, 0.05) is 5.39 Å². The van der Waals surface area contributed by atoms with Gasteiger partial charge < -0.3 is 8.94 Å². The minimum Gasteiger partial charge on any atom is -0.469 e. The highest BCUT2D eigenvalue weighted by molar-refractivity contribution is 5.96. The van der Waals surface area contributed by atoms with Gasteiger partial charge in [0.2, 0.25) is 5.91 Å². The first kappa shape index (κ1) is 13.9. The van der Waals surface area contributed by atoms with E-state index < -0.39 is 11.8 Å². The molecule has 7 heteroatoms. The minimum atomic E-state index is -0.440. The smallest absolute Gasteiger partial charge is 0.273 e. The number of nitrogens with one attached hydrogen (secondary N) is 2. The summed E-state index contributed by atoms with van der Waals surface area (Å²) in [5.41, 5.74) is 6.17. The van der Waals surface area contributed by atoms with Crippen LogP contribution in [0.4, 0.5) is 0 Å². The highest BCUT2D eigenvalue weighted by Crippen LogP contribution is 2.17. The van der Waals surface area contributed by atoms with Crippen LogP contribution in [-0.2, 0) is 11.2 Å². The summed E-state index contributed by atoms with van der Waals surface area (Å²) in [6, 6.07) is 8.78. The van der Waals surface area contributed by atoms with Gasteiger partial charge in [-0.25, -0.2) is 0 Å². The molecule has 2 heterocycles. The lowest BCUT2D eigenvalue weighted by Gasteiger charge is -2.05. The Morgan fingerprint density at radius 2 is 2.00 bits per heavy atom. The largest absolute Gasteiger partial charge is 0.469 e. The average molecular weight is 299 g/mol. The zero-order chi connectivity index (χ0) is 15.5. The lowest BCUT2D eigenvalue weighted by molar-refractivity contribution is -0.121. The quantitative estimate of drug-likeness (QED) is 0.718. The number of para-hydroxylation sites is 1. The van der Waals surface area contributed by atoms with Crippen LogP contribution in [0.25, 0.3) is 11.0 Å². The van der Waals surface area contributed by atoms with E-state index in [1.54, 1.807) is 13.0 Å². The first-order valence-electron chi connectivity index (χ1n) is 6.61. The van der Waals surface area contributed by atoms with Crippen molar-refractivity contribution in [2.24, 2.45) is 0 Å². The van der Waals surface area contributed by atoms with E-state index in [1.165, 1.54) is 12.3 Å². The Kier molecular flexibility index (Phi) is 3.61. The van der Waals surface area contributed by atoms with Gasteiger partial charge in [0.15, 0.2) is 5.58 Å². The van der Waals surface area contributed by atoms with Crippen molar-refractivity contribution in [3.8, 4) is 0 Å². The highest BCUT2D eigenvalue weighted by atomic mass is 16.5. The first-order valence-corrected chi connectivity index (χ1v) is 6.61. The lowest BCUT2D eigenvalue weighted by atomic mass is 10.2. The molecule has 0 radical (unpaired) electrons. The molecule has 2 amide bonds. The number of hydrazine groups is 1. The SMILES string of the molecule is Cc1occc1C(=O)NNC(=O)Cc1noc2ccccc12. The van der Waals surface area contributed by atoms with Crippen molar-refractivity contribution in [1.82, 2.24) is 16.0 Å². The van der Waals surface area contributed by atoms with Crippen molar-refractivity contribution in [2.45, 2.75) is 13.3 Å². The number of fused-ring (bicyclic) bond motifs is 1. The molecule has 3 aromatic rings. The number of rotatable bonds is 3. The maximum atomic E-state index is 11.9. The molecule has 0 atom stereocenters. The second-order valence-electron chi connectivity index (χ2n) is 4.69. The second kappa shape index (κ2) is 5.72. The zero-order valence-electron chi connectivity index (χ0n) is 11.8. The number of furan rings is 1. The van der Waals surface area contributed by atoms with Crippen molar-refractivity contribution >= 4 is 22.8 Å². The number of amides is 2. The molecule has 2 N–H and O–H groups in total. The van der Waals surface area contributed by atoms with Crippen LogP contribution in [0.15, 0.2) is 45.5 Å². The number of hydrogen-bond donors (Lipinski definition) is 2. The number of aromatic nitrogens is 1. The molecule has 112 valence electrons. The molecule has 7 nitrogen and oxygen atoms in total. The van der Waals surface area contributed by atoms with Gasteiger partial charge in [0.1, 0.15) is 11.5 Å². The van der Waals surface area contributed by atoms with E-state index in [0.29, 0.717) is 22.6 Å². The Morgan fingerprint density at radius 1 is 1.18 bits per heavy atom. The number of aryl methyl sites for hydroxylation is 1. The van der Waals surface area contributed by atoms with Gasteiger partial charge in [-0.3, -0.25) is 20.4 Å². The van der Waals surface area contributed by atoms with Crippen LogP contribution in [0.5, 0.6) is 0 Å². The van der Waals surface area contributed by atoms with E-state index >= 15 is 0 Å². The molecular formula is C15H13N3O4. The third kappa shape index (κ3) is 2.69. The van der Waals surface area contributed by atoms with Crippen LogP contribution in [0.3, 0.4) is 0 Å². The maximum Gasteiger partial charge on any atom is 0.273 e. The molecule has 1 aromatic carbocycles. The molecule has 3 rings (SSSR count). The van der Waals surface area contributed by atoms with Crippen molar-refractivity contribution in [1.29, 1.82) is 0 Å². The molecule has 0 saturated heterocycles. The summed E-state index contributed by atoms with van der Waals surface area (Å²) in [6.45, 7) is 1.66. The van der Waals surface area contributed by atoms with Crippen LogP contribution in [-0.4, -0.2) is 17.0 Å². The van der Waals surface area contributed by atoms with Crippen LogP contribution >= 0.6 is 0 Å². The third-order valence-corrected chi connectivity index (χ3v) is 3.20. The zero-order valence-corrected chi connectivity index (χ0v) is 11.8. The molecule has 0 spiro atoms. The summed E-state index contributed by atoms with van der Waals surface area (Å²) in [5, 5.41) is 4.64. The Bertz CT molecular complexity index is 834. The molecule has 22 heavy (non-hydrogen) atoms. The molecule has 0 aliphatic rings. The van der Waals surface area contributed by atoms with E-state index in [1.807, 2.05) is 18.2 Å². The summed E-state index contributed by atoms with van der Waals surface area (Å²) in [4.78, 5) is 23.7. The van der Waals surface area contributed by atoms with Crippen LogP contribution in [0.1, 0.15) is 21.8 Å². The van der Waals surface area contributed by atoms with Crippen LogP contribution in [0, 0.1) is 6.92 Å². The Labute approximate surface area is 125 Å². The van der Waals surface area contributed by atoms with E-state index in [-0.39, 0.29) is 6.42 Å². The number of carbonyl (C=O) groups excluding carboxylic acids is 2. The van der Waals surface area contributed by atoms with Gasteiger partial charge >= 0.3 is 0 Å². The van der Waals surface area contributed by atoms with Gasteiger partial charge in [-0.05, 0) is 25.1 Å². The summed E-state index contributed by atoms with van der Waals surface area (Å²) < 4.78 is 10.2. The Balaban J connectivity index is 1.61. The Hall–Kier alpha value is -3.09. The fourth-order valence-electron chi connectivity index (χ4n) is 2.08. The lowest BCUT2D eigenvalue weighted by Crippen LogP contribution is -2.42. The average Bonchev–Trinajstić information content (AvgIpc) is 3.12. The van der Waals surface area contributed by atoms with Crippen molar-refractivity contribution in [3.05, 3.63) is 53.6 Å². The number of nitrogens with zero attached hydrogens (tertiary/aromatic N) is 1. The topological polar surface area (TPSA) is 97.4 Å². The molecule has 0 aliphatic heterocycles. The fourth-order valence-corrected chi connectivity index (χ4v) is 2.08.